The molecule has 0 spiro atoms. The van der Waals surface area contributed by atoms with E-state index in [9.17, 15) is 4.79 Å². The van der Waals surface area contributed by atoms with E-state index in [-0.39, 0.29) is 5.91 Å². The van der Waals surface area contributed by atoms with Crippen molar-refractivity contribution in [3.63, 3.8) is 0 Å². The minimum Gasteiger partial charge on any atom is -0.355 e. The van der Waals surface area contributed by atoms with Gasteiger partial charge in [0.15, 0.2) is 0 Å². The predicted molar refractivity (Wildman–Crippen MR) is 103 cm³/mol. The SMILES string of the molecule is Cc1cc(C)cc(Nc2ccnc(C(=O)Nc3ccc(C#N)cc3)c2)c1. The van der Waals surface area contributed by atoms with Crippen molar-refractivity contribution in [3.05, 3.63) is 83.2 Å². The largest absolute Gasteiger partial charge is 0.355 e. The molecule has 0 radical (unpaired) electrons. The lowest BCUT2D eigenvalue weighted by Crippen LogP contribution is -2.13. The Balaban J connectivity index is 1.75. The molecule has 5 heteroatoms. The van der Waals surface area contributed by atoms with Crippen LogP contribution in [-0.4, -0.2) is 10.9 Å². The molecule has 26 heavy (non-hydrogen) atoms. The average molecular weight is 342 g/mol. The summed E-state index contributed by atoms with van der Waals surface area (Å²) in [5.41, 5.74) is 5.55. The molecule has 0 saturated heterocycles. The monoisotopic (exact) mass is 342 g/mol. The van der Waals surface area contributed by atoms with Crippen LogP contribution in [0.3, 0.4) is 0 Å². The van der Waals surface area contributed by atoms with Gasteiger partial charge < -0.3 is 10.6 Å². The van der Waals surface area contributed by atoms with Crippen molar-refractivity contribution in [1.29, 1.82) is 5.26 Å². The van der Waals surface area contributed by atoms with E-state index >= 15 is 0 Å². The summed E-state index contributed by atoms with van der Waals surface area (Å²) >= 11 is 0. The second-order valence-electron chi connectivity index (χ2n) is 6.07. The first-order valence-electron chi connectivity index (χ1n) is 8.16. The fourth-order valence-electron chi connectivity index (χ4n) is 2.67. The number of hydrogen-bond acceptors (Lipinski definition) is 4. The third kappa shape index (κ3) is 4.25. The highest BCUT2D eigenvalue weighted by atomic mass is 16.1. The molecule has 0 aliphatic carbocycles. The topological polar surface area (TPSA) is 77.8 Å². The molecule has 0 atom stereocenters. The number of nitrogens with one attached hydrogen (secondary N) is 2. The Morgan fingerprint density at radius 3 is 2.27 bits per heavy atom. The number of pyridine rings is 1. The maximum absolute atomic E-state index is 12.4. The molecule has 0 aliphatic heterocycles. The Kier molecular flexibility index (Phi) is 4.95. The van der Waals surface area contributed by atoms with Crippen LogP contribution in [0.2, 0.25) is 0 Å². The van der Waals surface area contributed by atoms with E-state index in [2.05, 4.69) is 21.7 Å². The normalized spacial score (nSPS) is 10.0. The fraction of sp³-hybridized carbons (Fsp3) is 0.0952. The second kappa shape index (κ2) is 7.49. The lowest BCUT2D eigenvalue weighted by molar-refractivity contribution is 0.102. The molecule has 0 fully saturated rings. The number of anilines is 3. The third-order valence-electron chi connectivity index (χ3n) is 3.77. The van der Waals surface area contributed by atoms with E-state index in [0.29, 0.717) is 16.9 Å². The van der Waals surface area contributed by atoms with Gasteiger partial charge in [-0.05, 0) is 73.5 Å². The fourth-order valence-corrected chi connectivity index (χ4v) is 2.67. The minimum atomic E-state index is -0.307. The van der Waals surface area contributed by atoms with Crippen molar-refractivity contribution >= 4 is 23.0 Å². The number of aryl methyl sites for hydroxylation is 2. The van der Waals surface area contributed by atoms with Crippen molar-refractivity contribution in [3.8, 4) is 6.07 Å². The molecule has 2 aromatic carbocycles. The summed E-state index contributed by atoms with van der Waals surface area (Å²) in [6.07, 6.45) is 1.60. The van der Waals surface area contributed by atoms with Crippen molar-refractivity contribution in [2.24, 2.45) is 0 Å². The number of benzene rings is 2. The molecule has 2 N–H and O–H groups in total. The maximum Gasteiger partial charge on any atom is 0.274 e. The van der Waals surface area contributed by atoms with Crippen LogP contribution in [0.15, 0.2) is 60.8 Å². The highest BCUT2D eigenvalue weighted by Crippen LogP contribution is 2.20. The van der Waals surface area contributed by atoms with Crippen LogP contribution in [0.4, 0.5) is 17.1 Å². The van der Waals surface area contributed by atoms with Crippen molar-refractivity contribution < 1.29 is 4.79 Å². The summed E-state index contributed by atoms with van der Waals surface area (Å²) < 4.78 is 0. The maximum atomic E-state index is 12.4. The van der Waals surface area contributed by atoms with Crippen molar-refractivity contribution in [2.45, 2.75) is 13.8 Å². The van der Waals surface area contributed by atoms with Crippen molar-refractivity contribution in [1.82, 2.24) is 4.98 Å². The molecule has 1 amide bonds. The number of aromatic nitrogens is 1. The molecule has 3 aromatic rings. The average Bonchev–Trinajstić information content (AvgIpc) is 2.61. The predicted octanol–water partition coefficient (Wildman–Crippen LogP) is 4.57. The van der Waals surface area contributed by atoms with Gasteiger partial charge in [-0.2, -0.15) is 5.26 Å². The van der Waals surface area contributed by atoms with Crippen LogP contribution in [-0.2, 0) is 0 Å². The molecule has 0 aliphatic rings. The Labute approximate surface area is 152 Å². The van der Waals surface area contributed by atoms with Gasteiger partial charge in [0, 0.05) is 23.3 Å². The number of carbonyl (C=O) groups is 1. The minimum absolute atomic E-state index is 0.307. The van der Waals surface area contributed by atoms with E-state index in [1.165, 1.54) is 11.1 Å². The molecule has 3 rings (SSSR count). The molecule has 5 nitrogen and oxygen atoms in total. The lowest BCUT2D eigenvalue weighted by atomic mass is 10.1. The molecular weight excluding hydrogens is 324 g/mol. The number of carbonyl (C=O) groups excluding carboxylic acids is 1. The molecule has 128 valence electrons. The van der Waals surface area contributed by atoms with E-state index in [1.807, 2.05) is 38.1 Å². The van der Waals surface area contributed by atoms with E-state index < -0.39 is 0 Å². The quantitative estimate of drug-likeness (QED) is 0.728. The van der Waals surface area contributed by atoms with E-state index in [4.69, 9.17) is 5.26 Å². The number of hydrogen-bond donors (Lipinski definition) is 2. The van der Waals surface area contributed by atoms with Gasteiger partial charge in [0.05, 0.1) is 11.6 Å². The molecule has 1 heterocycles. The number of rotatable bonds is 4. The van der Waals surface area contributed by atoms with Crippen LogP contribution in [0.1, 0.15) is 27.2 Å². The highest BCUT2D eigenvalue weighted by molar-refractivity contribution is 6.03. The lowest BCUT2D eigenvalue weighted by Gasteiger charge is -2.10. The van der Waals surface area contributed by atoms with Crippen LogP contribution < -0.4 is 10.6 Å². The molecule has 0 unspecified atom stereocenters. The van der Waals surface area contributed by atoms with Gasteiger partial charge in [-0.1, -0.05) is 6.07 Å². The molecular formula is C21H18N4O. The molecule has 1 aromatic heterocycles. The number of nitrogens with zero attached hydrogens (tertiary/aromatic N) is 2. The number of amides is 1. The Bertz CT molecular complexity index is 967. The van der Waals surface area contributed by atoms with Crippen LogP contribution in [0.5, 0.6) is 0 Å². The summed E-state index contributed by atoms with van der Waals surface area (Å²) in [6, 6.07) is 18.4. The van der Waals surface area contributed by atoms with Gasteiger partial charge in [0.1, 0.15) is 5.69 Å². The van der Waals surface area contributed by atoms with Crippen LogP contribution in [0.25, 0.3) is 0 Å². The van der Waals surface area contributed by atoms with Crippen molar-refractivity contribution in [2.75, 3.05) is 10.6 Å². The van der Waals surface area contributed by atoms with Gasteiger partial charge in [0.2, 0.25) is 0 Å². The first-order valence-corrected chi connectivity index (χ1v) is 8.16. The summed E-state index contributed by atoms with van der Waals surface area (Å²) in [7, 11) is 0. The van der Waals surface area contributed by atoms with Gasteiger partial charge in [0.25, 0.3) is 5.91 Å². The Hall–Kier alpha value is -3.65. The summed E-state index contributed by atoms with van der Waals surface area (Å²) in [5, 5.41) is 14.9. The Morgan fingerprint density at radius 1 is 0.923 bits per heavy atom. The smallest absolute Gasteiger partial charge is 0.274 e. The van der Waals surface area contributed by atoms with E-state index in [1.54, 1.807) is 36.5 Å². The van der Waals surface area contributed by atoms with Gasteiger partial charge in [-0.3, -0.25) is 9.78 Å². The zero-order chi connectivity index (χ0) is 18.5. The van der Waals surface area contributed by atoms with Crippen LogP contribution >= 0.6 is 0 Å². The van der Waals surface area contributed by atoms with Gasteiger partial charge >= 0.3 is 0 Å². The third-order valence-corrected chi connectivity index (χ3v) is 3.77. The zero-order valence-corrected chi connectivity index (χ0v) is 14.6. The summed E-state index contributed by atoms with van der Waals surface area (Å²) in [4.78, 5) is 16.6. The number of nitriles is 1. The Morgan fingerprint density at radius 2 is 1.62 bits per heavy atom. The van der Waals surface area contributed by atoms with E-state index in [0.717, 1.165) is 11.4 Å². The second-order valence-corrected chi connectivity index (χ2v) is 6.07. The highest BCUT2D eigenvalue weighted by Gasteiger charge is 2.09. The zero-order valence-electron chi connectivity index (χ0n) is 14.6. The molecule has 0 bridgehead atoms. The van der Waals surface area contributed by atoms with Gasteiger partial charge in [-0.25, -0.2) is 0 Å². The first-order chi connectivity index (χ1) is 12.5. The van der Waals surface area contributed by atoms with Gasteiger partial charge in [-0.15, -0.1) is 0 Å². The van der Waals surface area contributed by atoms with Crippen LogP contribution in [0, 0.1) is 25.2 Å². The summed E-state index contributed by atoms with van der Waals surface area (Å²) in [6.45, 7) is 4.09. The standard InChI is InChI=1S/C21H18N4O/c1-14-9-15(2)11-19(10-14)24-18-7-8-23-20(12-18)21(26)25-17-5-3-16(13-22)4-6-17/h3-12H,1-2H3,(H,23,24)(H,25,26). The summed E-state index contributed by atoms with van der Waals surface area (Å²) in [5.74, 6) is -0.307. The first kappa shape index (κ1) is 17.2. The molecule has 0 saturated carbocycles.